The van der Waals surface area contributed by atoms with Gasteiger partial charge in [0, 0.05) is 6.04 Å². The Morgan fingerprint density at radius 2 is 2.29 bits per heavy atom. The molecule has 0 fully saturated rings. The van der Waals surface area contributed by atoms with Crippen LogP contribution in [0.3, 0.4) is 0 Å². The van der Waals surface area contributed by atoms with Gasteiger partial charge in [0.25, 0.3) is 0 Å². The minimum absolute atomic E-state index is 0.116. The van der Waals surface area contributed by atoms with Crippen LogP contribution in [-0.4, -0.2) is 15.0 Å². The second-order valence-corrected chi connectivity index (χ2v) is 4.22. The number of aromatic nitrogens is 3. The first-order valence-electron chi connectivity index (χ1n) is 5.16. The lowest BCUT2D eigenvalue weighted by molar-refractivity contribution is 0.614. The Bertz CT molecular complexity index is 524. The molecule has 2 rings (SSSR count). The fraction of sp³-hybridized carbons (Fsp3) is 0.273. The third-order valence-electron chi connectivity index (χ3n) is 2.39. The monoisotopic (exact) mass is 254 g/mol. The molecule has 0 radical (unpaired) electrons. The van der Waals surface area contributed by atoms with Crippen LogP contribution < -0.4 is 5.73 Å². The molecule has 0 aliphatic carbocycles. The van der Waals surface area contributed by atoms with Gasteiger partial charge < -0.3 is 5.73 Å². The van der Waals surface area contributed by atoms with Gasteiger partial charge in [0.2, 0.25) is 0 Å². The number of rotatable bonds is 3. The van der Waals surface area contributed by atoms with Gasteiger partial charge in [-0.05, 0) is 18.6 Å². The van der Waals surface area contributed by atoms with Crippen LogP contribution in [0.1, 0.15) is 24.2 Å². The van der Waals surface area contributed by atoms with Gasteiger partial charge in [-0.25, -0.2) is 9.07 Å². The quantitative estimate of drug-likeness (QED) is 0.913. The number of nitrogens with zero attached hydrogens (tertiary/aromatic N) is 3. The molecule has 1 aromatic carbocycles. The van der Waals surface area contributed by atoms with Crippen LogP contribution >= 0.6 is 11.6 Å². The molecular weight excluding hydrogens is 243 g/mol. The van der Waals surface area contributed by atoms with Crippen LogP contribution in [-0.2, 0) is 6.54 Å². The SMILES string of the molecule is CC(N)c1cn(Cc2cccc(F)c2Cl)nn1. The van der Waals surface area contributed by atoms with Crippen molar-refractivity contribution >= 4 is 11.6 Å². The molecule has 0 saturated carbocycles. The largest absolute Gasteiger partial charge is 0.323 e. The van der Waals surface area contributed by atoms with E-state index in [2.05, 4.69) is 10.3 Å². The van der Waals surface area contributed by atoms with E-state index < -0.39 is 5.82 Å². The molecule has 0 amide bonds. The second-order valence-electron chi connectivity index (χ2n) is 3.84. The summed E-state index contributed by atoms with van der Waals surface area (Å²) in [5.74, 6) is -0.434. The van der Waals surface area contributed by atoms with Crippen LogP contribution in [0.2, 0.25) is 5.02 Å². The van der Waals surface area contributed by atoms with Crippen LogP contribution in [0.25, 0.3) is 0 Å². The van der Waals surface area contributed by atoms with Gasteiger partial charge in [-0.1, -0.05) is 28.9 Å². The molecule has 90 valence electrons. The molecule has 0 bridgehead atoms. The summed E-state index contributed by atoms with van der Waals surface area (Å²) in [6, 6.07) is 4.51. The maximum absolute atomic E-state index is 13.2. The third-order valence-corrected chi connectivity index (χ3v) is 2.81. The zero-order chi connectivity index (χ0) is 12.4. The Hall–Kier alpha value is -1.46. The lowest BCUT2D eigenvalue weighted by atomic mass is 10.2. The topological polar surface area (TPSA) is 56.7 Å². The molecule has 4 nitrogen and oxygen atoms in total. The number of hydrogen-bond acceptors (Lipinski definition) is 3. The molecule has 1 aromatic heterocycles. The Labute approximate surface area is 103 Å². The average molecular weight is 255 g/mol. The summed E-state index contributed by atoms with van der Waals surface area (Å²) in [5, 5.41) is 7.94. The van der Waals surface area contributed by atoms with Crippen molar-refractivity contribution in [2.75, 3.05) is 0 Å². The highest BCUT2D eigenvalue weighted by Gasteiger charge is 2.09. The van der Waals surface area contributed by atoms with Crippen molar-refractivity contribution in [3.8, 4) is 0 Å². The molecule has 0 spiro atoms. The molecule has 1 heterocycles. The first-order valence-corrected chi connectivity index (χ1v) is 5.54. The highest BCUT2D eigenvalue weighted by molar-refractivity contribution is 6.31. The average Bonchev–Trinajstić information content (AvgIpc) is 2.73. The van der Waals surface area contributed by atoms with Gasteiger partial charge in [0.1, 0.15) is 5.82 Å². The Kier molecular flexibility index (Phi) is 3.40. The zero-order valence-corrected chi connectivity index (χ0v) is 10.0. The summed E-state index contributed by atoms with van der Waals surface area (Å²) in [6.45, 7) is 2.19. The molecule has 6 heteroatoms. The Morgan fingerprint density at radius 1 is 1.53 bits per heavy atom. The highest BCUT2D eigenvalue weighted by Crippen LogP contribution is 2.20. The van der Waals surface area contributed by atoms with Gasteiger partial charge in [-0.3, -0.25) is 0 Å². The van der Waals surface area contributed by atoms with Crippen LogP contribution in [0.15, 0.2) is 24.4 Å². The fourth-order valence-corrected chi connectivity index (χ4v) is 1.63. The first-order chi connectivity index (χ1) is 8.08. The Balaban J connectivity index is 2.22. The fourth-order valence-electron chi connectivity index (χ4n) is 1.44. The summed E-state index contributed by atoms with van der Waals surface area (Å²) in [4.78, 5) is 0. The zero-order valence-electron chi connectivity index (χ0n) is 9.27. The summed E-state index contributed by atoms with van der Waals surface area (Å²) in [6.07, 6.45) is 1.73. The minimum Gasteiger partial charge on any atom is -0.323 e. The van der Waals surface area contributed by atoms with E-state index >= 15 is 0 Å². The molecular formula is C11H12ClFN4. The van der Waals surface area contributed by atoms with Gasteiger partial charge in [0.05, 0.1) is 23.5 Å². The molecule has 2 N–H and O–H groups in total. The molecule has 0 aliphatic heterocycles. The van der Waals surface area contributed by atoms with Crippen molar-refractivity contribution in [2.24, 2.45) is 5.73 Å². The number of benzene rings is 1. The predicted molar refractivity (Wildman–Crippen MR) is 63.1 cm³/mol. The molecule has 1 unspecified atom stereocenters. The highest BCUT2D eigenvalue weighted by atomic mass is 35.5. The third kappa shape index (κ3) is 2.62. The summed E-state index contributed by atoms with van der Waals surface area (Å²) < 4.78 is 14.8. The smallest absolute Gasteiger partial charge is 0.142 e. The van der Waals surface area contributed by atoms with Gasteiger partial charge in [-0.15, -0.1) is 5.10 Å². The number of hydrogen-bond donors (Lipinski definition) is 1. The van der Waals surface area contributed by atoms with Crippen LogP contribution in [0.4, 0.5) is 4.39 Å². The summed E-state index contributed by atoms with van der Waals surface area (Å²) >= 11 is 5.85. The predicted octanol–water partition coefficient (Wildman–Crippen LogP) is 2.14. The normalized spacial score (nSPS) is 12.7. The molecule has 0 saturated heterocycles. The first kappa shape index (κ1) is 12.0. The minimum atomic E-state index is -0.434. The molecule has 1 atom stereocenters. The lowest BCUT2D eigenvalue weighted by Gasteiger charge is -2.04. The molecule has 0 aliphatic rings. The number of nitrogens with two attached hydrogens (primary N) is 1. The van der Waals surface area contributed by atoms with Crippen molar-refractivity contribution in [2.45, 2.75) is 19.5 Å². The van der Waals surface area contributed by atoms with Crippen LogP contribution in [0, 0.1) is 5.82 Å². The number of halogens is 2. The van der Waals surface area contributed by atoms with Crippen molar-refractivity contribution < 1.29 is 4.39 Å². The van der Waals surface area contributed by atoms with Crippen molar-refractivity contribution in [3.05, 3.63) is 46.5 Å². The molecule has 17 heavy (non-hydrogen) atoms. The van der Waals surface area contributed by atoms with E-state index in [0.29, 0.717) is 17.8 Å². The van der Waals surface area contributed by atoms with Crippen molar-refractivity contribution in [1.82, 2.24) is 15.0 Å². The van der Waals surface area contributed by atoms with Crippen molar-refractivity contribution in [3.63, 3.8) is 0 Å². The van der Waals surface area contributed by atoms with Gasteiger partial charge in [-0.2, -0.15) is 0 Å². The summed E-state index contributed by atoms with van der Waals surface area (Å²) in [5.41, 5.74) is 7.02. The standard InChI is InChI=1S/C11H12ClFN4/c1-7(14)10-6-17(16-15-10)5-8-3-2-4-9(13)11(8)12/h2-4,6-7H,5,14H2,1H3. The van der Waals surface area contributed by atoms with E-state index in [1.165, 1.54) is 6.07 Å². The van der Waals surface area contributed by atoms with E-state index in [1.54, 1.807) is 23.0 Å². The maximum Gasteiger partial charge on any atom is 0.142 e. The van der Waals surface area contributed by atoms with Gasteiger partial charge in [0.15, 0.2) is 0 Å². The summed E-state index contributed by atoms with van der Waals surface area (Å²) in [7, 11) is 0. The second kappa shape index (κ2) is 4.81. The van der Waals surface area contributed by atoms with Crippen molar-refractivity contribution in [1.29, 1.82) is 0 Å². The maximum atomic E-state index is 13.2. The lowest BCUT2D eigenvalue weighted by Crippen LogP contribution is -2.05. The molecule has 2 aromatic rings. The van der Waals surface area contributed by atoms with Gasteiger partial charge >= 0.3 is 0 Å². The van der Waals surface area contributed by atoms with E-state index in [0.717, 1.165) is 0 Å². The van der Waals surface area contributed by atoms with E-state index in [9.17, 15) is 4.39 Å². The van der Waals surface area contributed by atoms with E-state index in [-0.39, 0.29) is 11.1 Å². The van der Waals surface area contributed by atoms with E-state index in [4.69, 9.17) is 17.3 Å². The van der Waals surface area contributed by atoms with E-state index in [1.807, 2.05) is 6.92 Å². The van der Waals surface area contributed by atoms with Crippen LogP contribution in [0.5, 0.6) is 0 Å². The Morgan fingerprint density at radius 3 is 2.94 bits per heavy atom.